The van der Waals surface area contributed by atoms with Crippen molar-refractivity contribution in [3.05, 3.63) is 59.7 Å². The molecule has 7 nitrogen and oxygen atoms in total. The molecule has 148 valence electrons. The van der Waals surface area contributed by atoms with Crippen molar-refractivity contribution in [1.82, 2.24) is 10.2 Å². The van der Waals surface area contributed by atoms with Crippen molar-refractivity contribution in [3.63, 3.8) is 0 Å². The number of benzene rings is 2. The molecular weight excluding hydrogens is 370 g/mol. The maximum absolute atomic E-state index is 12.5. The molecule has 0 saturated carbocycles. The van der Waals surface area contributed by atoms with Gasteiger partial charge in [-0.15, -0.1) is 5.10 Å². The molecule has 0 bridgehead atoms. The molecular formula is C22H21N3O4. The standard InChI is InChI=1S/C22H21N3O4/c1-22(2,3)15-10-8-13(9-11-15)19(26)23-21-25-24-20(29-21)17-12-14-6-5-7-16(27-4)18(14)28-17/h5-12H,1-4H3,(H,23,25,26). The van der Waals surface area contributed by atoms with Crippen molar-refractivity contribution in [3.8, 4) is 17.4 Å². The van der Waals surface area contributed by atoms with Crippen LogP contribution in [-0.2, 0) is 5.41 Å². The second kappa shape index (κ2) is 7.09. The van der Waals surface area contributed by atoms with Crippen LogP contribution >= 0.6 is 0 Å². The average molecular weight is 391 g/mol. The van der Waals surface area contributed by atoms with Crippen LogP contribution in [0.4, 0.5) is 6.01 Å². The van der Waals surface area contributed by atoms with Crippen LogP contribution in [0, 0.1) is 0 Å². The van der Waals surface area contributed by atoms with Gasteiger partial charge in [-0.05, 0) is 35.2 Å². The number of nitrogens with one attached hydrogen (secondary N) is 1. The van der Waals surface area contributed by atoms with E-state index in [1.54, 1.807) is 31.4 Å². The van der Waals surface area contributed by atoms with Gasteiger partial charge in [0.25, 0.3) is 11.8 Å². The molecule has 0 aliphatic carbocycles. The molecule has 0 saturated heterocycles. The van der Waals surface area contributed by atoms with E-state index < -0.39 is 0 Å². The summed E-state index contributed by atoms with van der Waals surface area (Å²) in [5, 5.41) is 11.3. The molecule has 29 heavy (non-hydrogen) atoms. The SMILES string of the molecule is COc1cccc2cc(-c3nnc(NC(=O)c4ccc(C(C)(C)C)cc4)o3)oc12. The Hall–Kier alpha value is -3.61. The Labute approximate surface area is 167 Å². The van der Waals surface area contributed by atoms with E-state index >= 15 is 0 Å². The van der Waals surface area contributed by atoms with Crippen molar-refractivity contribution in [2.45, 2.75) is 26.2 Å². The number of para-hydroxylation sites is 1. The van der Waals surface area contributed by atoms with Crippen molar-refractivity contribution >= 4 is 22.9 Å². The lowest BCUT2D eigenvalue weighted by Gasteiger charge is -2.18. The number of nitrogens with zero attached hydrogens (tertiary/aromatic N) is 2. The molecule has 0 spiro atoms. The zero-order valence-corrected chi connectivity index (χ0v) is 16.6. The highest BCUT2D eigenvalue weighted by molar-refractivity contribution is 6.03. The van der Waals surface area contributed by atoms with E-state index in [1.807, 2.05) is 24.3 Å². The molecule has 1 N–H and O–H groups in total. The van der Waals surface area contributed by atoms with E-state index in [0.29, 0.717) is 22.7 Å². The lowest BCUT2D eigenvalue weighted by Crippen LogP contribution is -2.14. The van der Waals surface area contributed by atoms with Gasteiger partial charge in [-0.2, -0.15) is 0 Å². The molecule has 0 fully saturated rings. The van der Waals surface area contributed by atoms with E-state index in [1.165, 1.54) is 0 Å². The summed E-state index contributed by atoms with van der Waals surface area (Å²) in [6.45, 7) is 6.36. The van der Waals surface area contributed by atoms with E-state index in [-0.39, 0.29) is 23.2 Å². The number of anilines is 1. The van der Waals surface area contributed by atoms with Crippen molar-refractivity contribution in [2.24, 2.45) is 0 Å². The topological polar surface area (TPSA) is 90.4 Å². The number of fused-ring (bicyclic) bond motifs is 1. The van der Waals surface area contributed by atoms with Crippen LogP contribution in [0.25, 0.3) is 22.6 Å². The van der Waals surface area contributed by atoms with Crippen molar-refractivity contribution in [2.75, 3.05) is 12.4 Å². The minimum atomic E-state index is -0.327. The number of furan rings is 1. The molecule has 2 aromatic heterocycles. The number of methoxy groups -OCH3 is 1. The van der Waals surface area contributed by atoms with Crippen molar-refractivity contribution in [1.29, 1.82) is 0 Å². The predicted molar refractivity (Wildman–Crippen MR) is 109 cm³/mol. The fourth-order valence-electron chi connectivity index (χ4n) is 2.97. The number of hydrogen-bond donors (Lipinski definition) is 1. The number of amides is 1. The Bertz CT molecular complexity index is 1170. The smallest absolute Gasteiger partial charge is 0.322 e. The van der Waals surface area contributed by atoms with E-state index in [0.717, 1.165) is 10.9 Å². The number of ether oxygens (including phenoxy) is 1. The molecule has 0 unspecified atom stereocenters. The van der Waals surface area contributed by atoms with Gasteiger partial charge in [0.05, 0.1) is 7.11 Å². The monoisotopic (exact) mass is 391 g/mol. The first-order valence-corrected chi connectivity index (χ1v) is 9.17. The third-order valence-electron chi connectivity index (χ3n) is 4.60. The van der Waals surface area contributed by atoms with Gasteiger partial charge in [0, 0.05) is 10.9 Å². The number of hydrogen-bond acceptors (Lipinski definition) is 6. The predicted octanol–water partition coefficient (Wildman–Crippen LogP) is 5.04. The van der Waals surface area contributed by atoms with E-state index in [2.05, 4.69) is 36.3 Å². The summed E-state index contributed by atoms with van der Waals surface area (Å²) in [5.74, 6) is 0.848. The second-order valence-electron chi connectivity index (χ2n) is 7.68. The van der Waals surface area contributed by atoms with Crippen LogP contribution in [0.15, 0.2) is 57.4 Å². The van der Waals surface area contributed by atoms with E-state index in [9.17, 15) is 4.79 Å². The first-order valence-electron chi connectivity index (χ1n) is 9.17. The summed E-state index contributed by atoms with van der Waals surface area (Å²) in [4.78, 5) is 12.5. The van der Waals surface area contributed by atoms with Gasteiger partial charge < -0.3 is 13.6 Å². The number of carbonyl (C=O) groups is 1. The Morgan fingerprint density at radius 1 is 1.03 bits per heavy atom. The third kappa shape index (κ3) is 3.71. The first-order chi connectivity index (χ1) is 13.8. The normalized spacial score (nSPS) is 11.6. The van der Waals surface area contributed by atoms with Crippen LogP contribution < -0.4 is 10.1 Å². The minimum absolute atomic E-state index is 0.00248. The fourth-order valence-corrected chi connectivity index (χ4v) is 2.97. The highest BCUT2D eigenvalue weighted by Gasteiger charge is 2.18. The Morgan fingerprint density at radius 2 is 1.79 bits per heavy atom. The van der Waals surface area contributed by atoms with Crippen LogP contribution in [-0.4, -0.2) is 23.2 Å². The molecule has 0 aliphatic heterocycles. The summed E-state index contributed by atoms with van der Waals surface area (Å²) >= 11 is 0. The van der Waals surface area contributed by atoms with Gasteiger partial charge in [0.1, 0.15) is 0 Å². The number of aromatic nitrogens is 2. The Morgan fingerprint density at radius 3 is 2.48 bits per heavy atom. The summed E-state index contributed by atoms with van der Waals surface area (Å²) in [7, 11) is 1.57. The highest BCUT2D eigenvalue weighted by atomic mass is 16.5. The van der Waals surface area contributed by atoms with Gasteiger partial charge >= 0.3 is 6.01 Å². The third-order valence-corrected chi connectivity index (χ3v) is 4.60. The molecule has 4 aromatic rings. The van der Waals surface area contributed by atoms with Crippen LogP contribution in [0.2, 0.25) is 0 Å². The van der Waals surface area contributed by atoms with Gasteiger partial charge in [0.15, 0.2) is 17.1 Å². The molecule has 7 heteroatoms. The lowest BCUT2D eigenvalue weighted by atomic mass is 9.87. The summed E-state index contributed by atoms with van der Waals surface area (Å²) in [6, 6.07) is 14.8. The average Bonchev–Trinajstić information content (AvgIpc) is 3.33. The summed E-state index contributed by atoms with van der Waals surface area (Å²) < 4.78 is 16.6. The van der Waals surface area contributed by atoms with Crippen LogP contribution in [0.1, 0.15) is 36.7 Å². The quantitative estimate of drug-likeness (QED) is 0.524. The minimum Gasteiger partial charge on any atom is -0.493 e. The zero-order valence-electron chi connectivity index (χ0n) is 16.6. The summed E-state index contributed by atoms with van der Waals surface area (Å²) in [6.07, 6.45) is 0. The maximum Gasteiger partial charge on any atom is 0.322 e. The molecule has 0 radical (unpaired) electrons. The molecule has 2 aromatic carbocycles. The number of rotatable bonds is 4. The van der Waals surface area contributed by atoms with Crippen LogP contribution in [0.3, 0.4) is 0 Å². The van der Waals surface area contributed by atoms with Gasteiger partial charge in [-0.3, -0.25) is 10.1 Å². The van der Waals surface area contributed by atoms with Gasteiger partial charge in [0.2, 0.25) is 0 Å². The Kier molecular flexibility index (Phi) is 4.58. The van der Waals surface area contributed by atoms with Gasteiger partial charge in [-0.25, -0.2) is 0 Å². The molecule has 4 rings (SSSR count). The first kappa shape index (κ1) is 18.7. The largest absolute Gasteiger partial charge is 0.493 e. The van der Waals surface area contributed by atoms with Crippen molar-refractivity contribution < 1.29 is 18.4 Å². The molecule has 1 amide bonds. The Balaban J connectivity index is 1.53. The van der Waals surface area contributed by atoms with Crippen LogP contribution in [0.5, 0.6) is 5.75 Å². The molecule has 0 aliphatic rings. The summed E-state index contributed by atoms with van der Waals surface area (Å²) in [5.41, 5.74) is 2.26. The van der Waals surface area contributed by atoms with E-state index in [4.69, 9.17) is 13.6 Å². The zero-order chi connectivity index (χ0) is 20.6. The molecule has 0 atom stereocenters. The second-order valence-corrected chi connectivity index (χ2v) is 7.68. The fraction of sp³-hybridized carbons (Fsp3) is 0.227. The van der Waals surface area contributed by atoms with Gasteiger partial charge in [-0.1, -0.05) is 50.1 Å². The maximum atomic E-state index is 12.5. The number of carbonyl (C=O) groups excluding carboxylic acids is 1. The highest BCUT2D eigenvalue weighted by Crippen LogP contribution is 2.33. The lowest BCUT2D eigenvalue weighted by molar-refractivity contribution is 0.102. The molecule has 2 heterocycles.